The Morgan fingerprint density at radius 3 is 2.86 bits per heavy atom. The molecular formula is C8H14N4O2. The van der Waals surface area contributed by atoms with Crippen molar-refractivity contribution in [2.24, 2.45) is 0 Å². The minimum atomic E-state index is -0.244. The Balaban J connectivity index is 2.74. The predicted molar refractivity (Wildman–Crippen MR) is 49.6 cm³/mol. The molecule has 0 radical (unpaired) electrons. The van der Waals surface area contributed by atoms with Gasteiger partial charge in [-0.2, -0.15) is 5.10 Å². The van der Waals surface area contributed by atoms with Crippen molar-refractivity contribution in [1.29, 1.82) is 0 Å². The summed E-state index contributed by atoms with van der Waals surface area (Å²) >= 11 is 0. The van der Waals surface area contributed by atoms with Gasteiger partial charge in [-0.25, -0.2) is 4.98 Å². The molecule has 0 unspecified atom stereocenters. The first-order chi connectivity index (χ1) is 6.66. The maximum Gasteiger partial charge on any atom is 0.291 e. The van der Waals surface area contributed by atoms with Crippen molar-refractivity contribution in [3.8, 4) is 0 Å². The number of H-pyrrole nitrogens is 1. The van der Waals surface area contributed by atoms with Crippen LogP contribution in [0.15, 0.2) is 6.33 Å². The molecule has 0 aliphatic heterocycles. The van der Waals surface area contributed by atoms with Crippen LogP contribution in [0.2, 0.25) is 0 Å². The van der Waals surface area contributed by atoms with E-state index in [4.69, 9.17) is 5.11 Å². The molecule has 0 spiro atoms. The number of rotatable bonds is 4. The van der Waals surface area contributed by atoms with E-state index in [9.17, 15) is 4.79 Å². The van der Waals surface area contributed by atoms with Crippen LogP contribution in [-0.4, -0.2) is 50.3 Å². The van der Waals surface area contributed by atoms with Gasteiger partial charge in [0.2, 0.25) is 5.82 Å². The van der Waals surface area contributed by atoms with Crippen molar-refractivity contribution < 1.29 is 9.90 Å². The molecule has 0 aliphatic carbocycles. The first-order valence-electron chi connectivity index (χ1n) is 4.44. The molecule has 0 bridgehead atoms. The van der Waals surface area contributed by atoms with E-state index in [1.165, 1.54) is 11.2 Å². The zero-order chi connectivity index (χ0) is 10.6. The maximum atomic E-state index is 11.7. The number of hydrogen-bond donors (Lipinski definition) is 2. The Labute approximate surface area is 82.0 Å². The van der Waals surface area contributed by atoms with Crippen LogP contribution in [0.25, 0.3) is 0 Å². The highest BCUT2D eigenvalue weighted by molar-refractivity contribution is 5.90. The fraction of sp³-hybridized carbons (Fsp3) is 0.625. The van der Waals surface area contributed by atoms with Gasteiger partial charge in [0.05, 0.1) is 6.61 Å². The van der Waals surface area contributed by atoms with Gasteiger partial charge in [0, 0.05) is 12.6 Å². The summed E-state index contributed by atoms with van der Waals surface area (Å²) in [6.45, 7) is 4.00. The van der Waals surface area contributed by atoms with Gasteiger partial charge in [0.25, 0.3) is 5.91 Å². The van der Waals surface area contributed by atoms with E-state index in [0.29, 0.717) is 6.54 Å². The third-order valence-electron chi connectivity index (χ3n) is 1.84. The summed E-state index contributed by atoms with van der Waals surface area (Å²) in [5, 5.41) is 14.9. The third kappa shape index (κ3) is 2.29. The SMILES string of the molecule is CC(C)N(CCO)C(=O)c1ncn[nH]1. The Kier molecular flexibility index (Phi) is 3.58. The lowest BCUT2D eigenvalue weighted by atomic mass is 10.3. The van der Waals surface area contributed by atoms with Crippen LogP contribution in [0.3, 0.4) is 0 Å². The average molecular weight is 198 g/mol. The van der Waals surface area contributed by atoms with Gasteiger partial charge in [-0.05, 0) is 13.8 Å². The highest BCUT2D eigenvalue weighted by Crippen LogP contribution is 2.02. The van der Waals surface area contributed by atoms with Gasteiger partial charge in [0.1, 0.15) is 6.33 Å². The van der Waals surface area contributed by atoms with Crippen molar-refractivity contribution in [2.45, 2.75) is 19.9 Å². The topological polar surface area (TPSA) is 82.1 Å². The number of amides is 1. The largest absolute Gasteiger partial charge is 0.395 e. The lowest BCUT2D eigenvalue weighted by Crippen LogP contribution is -2.39. The molecule has 0 saturated carbocycles. The highest BCUT2D eigenvalue weighted by atomic mass is 16.3. The van der Waals surface area contributed by atoms with Crippen molar-refractivity contribution in [1.82, 2.24) is 20.1 Å². The van der Waals surface area contributed by atoms with E-state index in [0.717, 1.165) is 0 Å². The average Bonchev–Trinajstić information content (AvgIpc) is 2.65. The predicted octanol–water partition coefficient (Wildman–Crippen LogP) is -0.352. The molecule has 1 aromatic heterocycles. The summed E-state index contributed by atoms with van der Waals surface area (Å²) in [5.74, 6) is -0.0429. The number of aromatic nitrogens is 3. The van der Waals surface area contributed by atoms with Crippen molar-refractivity contribution in [3.63, 3.8) is 0 Å². The van der Waals surface area contributed by atoms with Gasteiger partial charge in [-0.1, -0.05) is 0 Å². The minimum absolute atomic E-state index is 0.0275. The molecule has 0 aliphatic rings. The molecule has 0 fully saturated rings. The van der Waals surface area contributed by atoms with Crippen LogP contribution in [0.4, 0.5) is 0 Å². The lowest BCUT2D eigenvalue weighted by molar-refractivity contribution is 0.0653. The number of aromatic amines is 1. The fourth-order valence-electron chi connectivity index (χ4n) is 1.15. The zero-order valence-electron chi connectivity index (χ0n) is 8.27. The van der Waals surface area contributed by atoms with Crippen molar-refractivity contribution >= 4 is 5.91 Å². The number of nitrogens with zero attached hydrogens (tertiary/aromatic N) is 3. The maximum absolute atomic E-state index is 11.7. The number of carbonyl (C=O) groups excluding carboxylic acids is 1. The Hall–Kier alpha value is -1.43. The molecule has 6 nitrogen and oxygen atoms in total. The number of carbonyl (C=O) groups is 1. The van der Waals surface area contributed by atoms with Crippen LogP contribution in [0.5, 0.6) is 0 Å². The number of hydrogen-bond acceptors (Lipinski definition) is 4. The summed E-state index contributed by atoms with van der Waals surface area (Å²) in [4.78, 5) is 17.0. The molecule has 1 amide bonds. The molecule has 0 saturated heterocycles. The molecule has 6 heteroatoms. The van der Waals surface area contributed by atoms with E-state index in [1.807, 2.05) is 13.8 Å². The fourth-order valence-corrected chi connectivity index (χ4v) is 1.15. The van der Waals surface area contributed by atoms with Crippen LogP contribution in [-0.2, 0) is 0 Å². The Morgan fingerprint density at radius 1 is 1.71 bits per heavy atom. The monoisotopic (exact) mass is 198 g/mol. The molecule has 1 rings (SSSR count). The smallest absolute Gasteiger partial charge is 0.291 e. The summed E-state index contributed by atoms with van der Waals surface area (Å²) in [5.41, 5.74) is 0. The quantitative estimate of drug-likeness (QED) is 0.692. The highest BCUT2D eigenvalue weighted by Gasteiger charge is 2.20. The van der Waals surface area contributed by atoms with E-state index in [-0.39, 0.29) is 24.4 Å². The van der Waals surface area contributed by atoms with E-state index in [2.05, 4.69) is 15.2 Å². The standard InChI is InChI=1S/C8H14N4O2/c1-6(2)12(3-4-13)8(14)7-9-5-10-11-7/h5-6,13H,3-4H2,1-2H3,(H,9,10,11). The third-order valence-corrected chi connectivity index (χ3v) is 1.84. The van der Waals surface area contributed by atoms with Crippen molar-refractivity contribution in [3.05, 3.63) is 12.2 Å². The number of aliphatic hydroxyl groups excluding tert-OH is 1. The van der Waals surface area contributed by atoms with Gasteiger partial charge in [-0.3, -0.25) is 9.89 Å². The molecule has 1 aromatic rings. The number of nitrogens with one attached hydrogen (secondary N) is 1. The Bertz CT molecular complexity index is 284. The summed E-state index contributed by atoms with van der Waals surface area (Å²) in [6.07, 6.45) is 1.28. The van der Waals surface area contributed by atoms with Gasteiger partial charge in [0.15, 0.2) is 0 Å². The minimum Gasteiger partial charge on any atom is -0.395 e. The van der Waals surface area contributed by atoms with E-state index >= 15 is 0 Å². The second-order valence-corrected chi connectivity index (χ2v) is 3.15. The zero-order valence-corrected chi connectivity index (χ0v) is 8.27. The Morgan fingerprint density at radius 2 is 2.43 bits per heavy atom. The van der Waals surface area contributed by atoms with Crippen molar-refractivity contribution in [2.75, 3.05) is 13.2 Å². The van der Waals surface area contributed by atoms with E-state index < -0.39 is 0 Å². The number of aliphatic hydroxyl groups is 1. The summed E-state index contributed by atoms with van der Waals surface area (Å²) in [7, 11) is 0. The molecule has 1 heterocycles. The van der Waals surface area contributed by atoms with Crippen LogP contribution in [0, 0.1) is 0 Å². The van der Waals surface area contributed by atoms with E-state index in [1.54, 1.807) is 0 Å². The molecule has 2 N–H and O–H groups in total. The van der Waals surface area contributed by atoms with Crippen LogP contribution < -0.4 is 0 Å². The second-order valence-electron chi connectivity index (χ2n) is 3.15. The lowest BCUT2D eigenvalue weighted by Gasteiger charge is -2.24. The first kappa shape index (κ1) is 10.6. The molecule has 78 valence electrons. The van der Waals surface area contributed by atoms with Gasteiger partial charge >= 0.3 is 0 Å². The van der Waals surface area contributed by atoms with Gasteiger partial charge < -0.3 is 10.0 Å². The second kappa shape index (κ2) is 4.71. The first-order valence-corrected chi connectivity index (χ1v) is 4.44. The van der Waals surface area contributed by atoms with Crippen LogP contribution >= 0.6 is 0 Å². The summed E-state index contributed by atoms with van der Waals surface area (Å²) in [6, 6.07) is 0.0275. The molecule has 14 heavy (non-hydrogen) atoms. The summed E-state index contributed by atoms with van der Waals surface area (Å²) < 4.78 is 0. The molecule has 0 aromatic carbocycles. The normalized spacial score (nSPS) is 10.6. The molecule has 0 atom stereocenters. The molecular weight excluding hydrogens is 184 g/mol. The van der Waals surface area contributed by atoms with Gasteiger partial charge in [-0.15, -0.1) is 0 Å². The van der Waals surface area contributed by atoms with Crippen LogP contribution in [0.1, 0.15) is 24.5 Å².